The molecular formula is C4H5FOS2. The fourth-order valence-electron chi connectivity index (χ4n) is 0.421. The summed E-state index contributed by atoms with van der Waals surface area (Å²) < 4.78 is 12.2. The summed E-state index contributed by atoms with van der Waals surface area (Å²) >= 11 is 1.86. The van der Waals surface area contributed by atoms with Gasteiger partial charge >= 0.3 is 0 Å². The van der Waals surface area contributed by atoms with Gasteiger partial charge in [-0.05, 0) is 18.7 Å². The first kappa shape index (κ1) is 6.42. The van der Waals surface area contributed by atoms with Gasteiger partial charge in [-0.2, -0.15) is 0 Å². The fourth-order valence-corrected chi connectivity index (χ4v) is 2.49. The Morgan fingerprint density at radius 2 is 2.25 bits per heavy atom. The topological polar surface area (TPSA) is 17.1 Å². The molecule has 0 radical (unpaired) electrons. The lowest BCUT2D eigenvalue weighted by Gasteiger charge is -1.96. The molecule has 1 fully saturated rings. The zero-order chi connectivity index (χ0) is 6.15. The maximum atomic E-state index is 12.3. The van der Waals surface area contributed by atoms with Crippen molar-refractivity contribution in [2.45, 2.75) is 17.7 Å². The summed E-state index contributed by atoms with van der Waals surface area (Å²) in [7, 11) is 0. The van der Waals surface area contributed by atoms with Crippen LogP contribution in [-0.2, 0) is 0 Å². The number of thioether (sulfide) groups is 2. The first-order valence-corrected chi connectivity index (χ1v) is 3.97. The Morgan fingerprint density at radius 3 is 2.38 bits per heavy atom. The molecule has 0 aromatic heterocycles. The number of carbonyl (C=O) groups excluding carboxylic acids is 1. The minimum atomic E-state index is -0.979. The summed E-state index contributed by atoms with van der Waals surface area (Å²) in [5, 5.41) is -0.146. The van der Waals surface area contributed by atoms with Crippen LogP contribution in [0.25, 0.3) is 0 Å². The van der Waals surface area contributed by atoms with Crippen LogP contribution in [0.1, 0.15) is 6.92 Å². The molecule has 1 aliphatic heterocycles. The minimum Gasteiger partial charge on any atom is -0.274 e. The maximum Gasteiger partial charge on any atom is 0.249 e. The van der Waals surface area contributed by atoms with Gasteiger partial charge in [0.25, 0.3) is 0 Å². The maximum absolute atomic E-state index is 12.3. The summed E-state index contributed by atoms with van der Waals surface area (Å²) in [5.74, 6) is 0. The lowest BCUT2D eigenvalue weighted by atomic mass is 10.5. The molecule has 0 amide bonds. The third-order valence-electron chi connectivity index (χ3n) is 0.860. The largest absolute Gasteiger partial charge is 0.274 e. The van der Waals surface area contributed by atoms with E-state index in [2.05, 4.69) is 0 Å². The van der Waals surface area contributed by atoms with E-state index in [1.807, 2.05) is 0 Å². The average Bonchev–Trinajstić information content (AvgIpc) is 1.85. The summed E-state index contributed by atoms with van der Waals surface area (Å²) in [6.45, 7) is 1.72. The Hall–Kier alpha value is 0.300. The van der Waals surface area contributed by atoms with Crippen LogP contribution < -0.4 is 0 Å². The first-order chi connectivity index (χ1) is 3.70. The first-order valence-electron chi connectivity index (χ1n) is 2.21. The second kappa shape index (κ2) is 2.27. The van der Waals surface area contributed by atoms with Crippen molar-refractivity contribution in [1.82, 2.24) is 0 Å². The van der Waals surface area contributed by atoms with E-state index in [4.69, 9.17) is 0 Å². The standard InChI is InChI=1S/C4H5FOS2/c1-2-3(5)8-4(6)7-2/h2-3H,1H3. The molecule has 8 heavy (non-hydrogen) atoms. The van der Waals surface area contributed by atoms with Crippen LogP contribution in [0.3, 0.4) is 0 Å². The van der Waals surface area contributed by atoms with Crippen LogP contribution in [0.2, 0.25) is 0 Å². The molecule has 0 bridgehead atoms. The molecule has 0 spiro atoms. The molecule has 0 aliphatic carbocycles. The van der Waals surface area contributed by atoms with E-state index >= 15 is 0 Å². The van der Waals surface area contributed by atoms with Crippen molar-refractivity contribution in [3.05, 3.63) is 0 Å². The van der Waals surface area contributed by atoms with Crippen molar-refractivity contribution in [2.75, 3.05) is 0 Å². The normalized spacial score (nSPS) is 38.5. The highest BCUT2D eigenvalue weighted by Gasteiger charge is 2.31. The molecule has 2 unspecified atom stereocenters. The highest BCUT2D eigenvalue weighted by Crippen LogP contribution is 2.39. The molecule has 1 rings (SSSR count). The fraction of sp³-hybridized carbons (Fsp3) is 0.750. The van der Waals surface area contributed by atoms with Crippen LogP contribution in [-0.4, -0.2) is 15.2 Å². The van der Waals surface area contributed by atoms with E-state index in [1.165, 1.54) is 0 Å². The third kappa shape index (κ3) is 1.17. The smallest absolute Gasteiger partial charge is 0.249 e. The number of carbonyl (C=O) groups is 1. The van der Waals surface area contributed by atoms with Crippen LogP contribution in [0.15, 0.2) is 0 Å². The predicted octanol–water partition coefficient (Wildman–Crippen LogP) is 2.27. The van der Waals surface area contributed by atoms with Gasteiger partial charge in [0, 0.05) is 0 Å². The van der Waals surface area contributed by atoms with Gasteiger partial charge in [-0.25, -0.2) is 4.39 Å². The van der Waals surface area contributed by atoms with Crippen LogP contribution in [0.5, 0.6) is 0 Å². The number of alkyl halides is 1. The van der Waals surface area contributed by atoms with Crippen LogP contribution in [0.4, 0.5) is 9.18 Å². The Labute approximate surface area is 55.4 Å². The van der Waals surface area contributed by atoms with E-state index < -0.39 is 5.50 Å². The number of halogens is 1. The average molecular weight is 152 g/mol. The Kier molecular flexibility index (Phi) is 1.82. The molecule has 46 valence electrons. The summed E-state index contributed by atoms with van der Waals surface area (Å²) in [6.07, 6.45) is 0. The van der Waals surface area contributed by atoms with Crippen LogP contribution in [0, 0.1) is 0 Å². The van der Waals surface area contributed by atoms with E-state index in [1.54, 1.807) is 6.92 Å². The molecule has 1 saturated heterocycles. The predicted molar refractivity (Wildman–Crippen MR) is 34.9 cm³/mol. The zero-order valence-corrected chi connectivity index (χ0v) is 5.89. The number of rotatable bonds is 0. The molecule has 0 saturated carbocycles. The molecule has 0 aromatic rings. The van der Waals surface area contributed by atoms with E-state index in [0.29, 0.717) is 0 Å². The van der Waals surface area contributed by atoms with Gasteiger partial charge in [-0.1, -0.05) is 11.8 Å². The molecular weight excluding hydrogens is 147 g/mol. The Balaban J connectivity index is 2.51. The van der Waals surface area contributed by atoms with Crippen LogP contribution >= 0.6 is 23.5 Å². The van der Waals surface area contributed by atoms with E-state index in [9.17, 15) is 9.18 Å². The van der Waals surface area contributed by atoms with Gasteiger partial charge in [0.2, 0.25) is 4.45 Å². The lowest BCUT2D eigenvalue weighted by molar-refractivity contribution is 0.276. The molecule has 1 heterocycles. The van der Waals surface area contributed by atoms with Gasteiger partial charge in [-0.15, -0.1) is 0 Å². The third-order valence-corrected chi connectivity index (χ3v) is 3.24. The van der Waals surface area contributed by atoms with Gasteiger partial charge < -0.3 is 0 Å². The van der Waals surface area contributed by atoms with Crippen molar-refractivity contribution < 1.29 is 9.18 Å². The number of hydrogen-bond acceptors (Lipinski definition) is 3. The van der Waals surface area contributed by atoms with Crippen molar-refractivity contribution in [1.29, 1.82) is 0 Å². The second-order valence-corrected chi connectivity index (χ2v) is 4.21. The molecule has 1 aliphatic rings. The van der Waals surface area contributed by atoms with Gasteiger partial charge in [0.05, 0.1) is 5.25 Å². The van der Waals surface area contributed by atoms with E-state index in [0.717, 1.165) is 23.5 Å². The summed E-state index contributed by atoms with van der Waals surface area (Å²) in [6, 6.07) is 0. The Morgan fingerprint density at radius 1 is 1.62 bits per heavy atom. The van der Waals surface area contributed by atoms with Crippen molar-refractivity contribution in [3.8, 4) is 0 Å². The van der Waals surface area contributed by atoms with Crippen molar-refractivity contribution >= 4 is 28.0 Å². The minimum absolute atomic E-state index is 0.0926. The van der Waals surface area contributed by atoms with Crippen molar-refractivity contribution in [3.63, 3.8) is 0 Å². The molecule has 1 nitrogen and oxygen atoms in total. The lowest BCUT2D eigenvalue weighted by Crippen LogP contribution is -2.02. The molecule has 2 atom stereocenters. The van der Waals surface area contributed by atoms with Gasteiger partial charge in [0.15, 0.2) is 5.50 Å². The van der Waals surface area contributed by atoms with Gasteiger partial charge in [0.1, 0.15) is 0 Å². The SMILES string of the molecule is CC1SC(=O)SC1F. The van der Waals surface area contributed by atoms with Crippen molar-refractivity contribution in [2.24, 2.45) is 0 Å². The monoisotopic (exact) mass is 152 g/mol. The zero-order valence-electron chi connectivity index (χ0n) is 4.26. The second-order valence-electron chi connectivity index (χ2n) is 1.54. The molecule has 0 N–H and O–H groups in total. The highest BCUT2D eigenvalue weighted by atomic mass is 32.2. The van der Waals surface area contributed by atoms with Gasteiger partial charge in [-0.3, -0.25) is 4.79 Å². The molecule has 0 aromatic carbocycles. The highest BCUT2D eigenvalue weighted by molar-refractivity contribution is 8.41. The summed E-state index contributed by atoms with van der Waals surface area (Å²) in [4.78, 5) is 10.3. The van der Waals surface area contributed by atoms with E-state index in [-0.39, 0.29) is 9.70 Å². The Bertz CT molecular complexity index is 105. The number of hydrogen-bond donors (Lipinski definition) is 0. The summed E-state index contributed by atoms with van der Waals surface area (Å²) in [5.41, 5.74) is -0.979. The molecule has 4 heteroatoms. The quantitative estimate of drug-likeness (QED) is 0.530.